The lowest BCUT2D eigenvalue weighted by Crippen LogP contribution is -2.87. The summed E-state index contributed by atoms with van der Waals surface area (Å²) < 4.78 is 6.15. The molecule has 1 amide bonds. The summed E-state index contributed by atoms with van der Waals surface area (Å²) in [6.45, 7) is 2.46. The molecule has 0 spiro atoms. The Morgan fingerprint density at radius 2 is 2.00 bits per heavy atom. The minimum Gasteiger partial charge on any atom is -0.495 e. The van der Waals surface area contributed by atoms with Gasteiger partial charge in [-0.05, 0) is 30.3 Å². The third-order valence-electron chi connectivity index (χ3n) is 3.76. The number of hydrogen-bond acceptors (Lipinski definition) is 2. The number of nitrogens with two attached hydrogens (primary N) is 1. The lowest BCUT2D eigenvalue weighted by atomic mass is 10.0. The standard InChI is InChI=1S/C18H20BrClN2O2/c1-3-16(12-4-6-13(19)7-5-12)21-11-18(23)22-14-8-9-17(24-2)15(20)10-14/h4-10,16,21H,3,11H2,1-2H3,(H,22,23)/p+1/t16-/m1/s1. The van der Waals surface area contributed by atoms with Crippen LogP contribution >= 0.6 is 27.5 Å². The average molecular weight is 413 g/mol. The molecule has 128 valence electrons. The average Bonchev–Trinajstić information content (AvgIpc) is 2.57. The van der Waals surface area contributed by atoms with Crippen molar-refractivity contribution in [1.29, 1.82) is 0 Å². The maximum absolute atomic E-state index is 12.2. The number of hydrogen-bond donors (Lipinski definition) is 2. The molecule has 2 aromatic rings. The quantitative estimate of drug-likeness (QED) is 0.727. The molecule has 0 aromatic heterocycles. The van der Waals surface area contributed by atoms with Crippen molar-refractivity contribution < 1.29 is 14.8 Å². The van der Waals surface area contributed by atoms with Gasteiger partial charge >= 0.3 is 0 Å². The summed E-state index contributed by atoms with van der Waals surface area (Å²) >= 11 is 9.51. The molecule has 6 heteroatoms. The maximum Gasteiger partial charge on any atom is 0.279 e. The monoisotopic (exact) mass is 411 g/mol. The van der Waals surface area contributed by atoms with Gasteiger partial charge in [-0.15, -0.1) is 0 Å². The Labute approximate surface area is 155 Å². The van der Waals surface area contributed by atoms with E-state index in [1.807, 2.05) is 17.4 Å². The lowest BCUT2D eigenvalue weighted by Gasteiger charge is -2.14. The molecule has 0 heterocycles. The topological polar surface area (TPSA) is 54.9 Å². The molecule has 0 radical (unpaired) electrons. The van der Waals surface area contributed by atoms with E-state index in [1.165, 1.54) is 5.56 Å². The van der Waals surface area contributed by atoms with Gasteiger partial charge in [0.15, 0.2) is 6.54 Å². The van der Waals surface area contributed by atoms with Gasteiger partial charge in [-0.3, -0.25) is 4.79 Å². The Morgan fingerprint density at radius 1 is 1.29 bits per heavy atom. The summed E-state index contributed by atoms with van der Waals surface area (Å²) in [5, 5.41) is 5.37. The third kappa shape index (κ3) is 5.23. The van der Waals surface area contributed by atoms with Gasteiger partial charge in [-0.25, -0.2) is 0 Å². The van der Waals surface area contributed by atoms with Crippen molar-refractivity contribution in [2.24, 2.45) is 0 Å². The molecule has 24 heavy (non-hydrogen) atoms. The van der Waals surface area contributed by atoms with Crippen molar-refractivity contribution in [3.63, 3.8) is 0 Å². The fourth-order valence-electron chi connectivity index (χ4n) is 2.45. The van der Waals surface area contributed by atoms with Crippen molar-refractivity contribution in [2.75, 3.05) is 19.0 Å². The van der Waals surface area contributed by atoms with Gasteiger partial charge in [0.25, 0.3) is 5.91 Å². The van der Waals surface area contributed by atoms with E-state index >= 15 is 0 Å². The lowest BCUT2D eigenvalue weighted by molar-refractivity contribution is -0.686. The Balaban J connectivity index is 1.91. The Bertz CT molecular complexity index is 692. The van der Waals surface area contributed by atoms with Gasteiger partial charge in [0, 0.05) is 22.1 Å². The van der Waals surface area contributed by atoms with Crippen molar-refractivity contribution in [3.8, 4) is 5.75 Å². The minimum absolute atomic E-state index is 0.0632. The van der Waals surface area contributed by atoms with Crippen LogP contribution < -0.4 is 15.4 Å². The van der Waals surface area contributed by atoms with E-state index < -0.39 is 0 Å². The van der Waals surface area contributed by atoms with Crippen LogP contribution in [-0.2, 0) is 4.79 Å². The van der Waals surface area contributed by atoms with E-state index in [-0.39, 0.29) is 11.9 Å². The van der Waals surface area contributed by atoms with Crippen LogP contribution in [0.15, 0.2) is 46.9 Å². The normalized spacial score (nSPS) is 11.8. The molecular formula is C18H21BrClN2O2+. The zero-order valence-electron chi connectivity index (χ0n) is 13.7. The minimum atomic E-state index is -0.0632. The number of quaternary nitrogens is 1. The van der Waals surface area contributed by atoms with E-state index in [2.05, 4.69) is 40.3 Å². The number of nitrogens with one attached hydrogen (secondary N) is 1. The van der Waals surface area contributed by atoms with Gasteiger partial charge in [0.2, 0.25) is 0 Å². The van der Waals surface area contributed by atoms with E-state index in [1.54, 1.807) is 25.3 Å². The van der Waals surface area contributed by atoms with Gasteiger partial charge < -0.3 is 15.4 Å². The van der Waals surface area contributed by atoms with Crippen LogP contribution in [0, 0.1) is 0 Å². The molecule has 4 nitrogen and oxygen atoms in total. The van der Waals surface area contributed by atoms with Crippen LogP contribution in [0.2, 0.25) is 5.02 Å². The summed E-state index contributed by atoms with van der Waals surface area (Å²) in [5.41, 5.74) is 1.87. The number of carbonyl (C=O) groups excluding carboxylic acids is 1. The second kappa shape index (κ2) is 9.06. The van der Waals surface area contributed by atoms with Crippen LogP contribution in [0.4, 0.5) is 5.69 Å². The van der Waals surface area contributed by atoms with E-state index in [9.17, 15) is 4.79 Å². The SMILES string of the molecule is CC[C@@H]([NH2+]CC(=O)Nc1ccc(OC)c(Cl)c1)c1ccc(Br)cc1. The fraction of sp³-hybridized carbons (Fsp3) is 0.278. The van der Waals surface area contributed by atoms with E-state index in [0.717, 1.165) is 10.9 Å². The molecule has 0 aliphatic rings. The molecule has 0 aliphatic heterocycles. The third-order valence-corrected chi connectivity index (χ3v) is 4.59. The number of amides is 1. The Morgan fingerprint density at radius 3 is 2.58 bits per heavy atom. The summed E-state index contributed by atoms with van der Waals surface area (Å²) in [6.07, 6.45) is 0.948. The number of rotatable bonds is 7. The molecule has 0 fully saturated rings. The maximum atomic E-state index is 12.2. The van der Waals surface area contributed by atoms with Gasteiger partial charge in [0.05, 0.1) is 12.1 Å². The summed E-state index contributed by atoms with van der Waals surface area (Å²) in [4.78, 5) is 12.2. The number of ether oxygens (including phenoxy) is 1. The summed E-state index contributed by atoms with van der Waals surface area (Å²) in [7, 11) is 1.56. The summed E-state index contributed by atoms with van der Waals surface area (Å²) in [6, 6.07) is 13.6. The molecule has 2 aromatic carbocycles. The smallest absolute Gasteiger partial charge is 0.279 e. The molecule has 1 atom stereocenters. The number of carbonyl (C=O) groups is 1. The number of benzene rings is 2. The highest BCUT2D eigenvalue weighted by Crippen LogP contribution is 2.27. The first-order valence-corrected chi connectivity index (χ1v) is 8.92. The number of methoxy groups -OCH3 is 1. The zero-order chi connectivity index (χ0) is 17.5. The Hall–Kier alpha value is -1.56. The number of halogens is 2. The van der Waals surface area contributed by atoms with Crippen LogP contribution in [-0.4, -0.2) is 19.6 Å². The molecule has 0 saturated heterocycles. The molecular weight excluding hydrogens is 392 g/mol. The van der Waals surface area contributed by atoms with Crippen molar-refractivity contribution >= 4 is 39.1 Å². The fourth-order valence-corrected chi connectivity index (χ4v) is 2.98. The first-order chi connectivity index (χ1) is 11.5. The summed E-state index contributed by atoms with van der Waals surface area (Å²) in [5.74, 6) is 0.523. The molecule has 0 unspecified atom stereocenters. The first kappa shape index (κ1) is 18.8. The second-order valence-corrected chi connectivity index (χ2v) is 6.73. The molecule has 0 aliphatic carbocycles. The van der Waals surface area contributed by atoms with Crippen LogP contribution in [0.5, 0.6) is 5.75 Å². The largest absolute Gasteiger partial charge is 0.495 e. The molecule has 2 rings (SSSR count). The predicted octanol–water partition coefficient (Wildman–Crippen LogP) is 3.76. The highest BCUT2D eigenvalue weighted by molar-refractivity contribution is 9.10. The number of anilines is 1. The van der Waals surface area contributed by atoms with Crippen LogP contribution in [0.3, 0.4) is 0 Å². The van der Waals surface area contributed by atoms with E-state index in [4.69, 9.17) is 16.3 Å². The van der Waals surface area contributed by atoms with Crippen molar-refractivity contribution in [1.82, 2.24) is 0 Å². The van der Waals surface area contributed by atoms with Gasteiger partial charge in [0.1, 0.15) is 11.8 Å². The van der Waals surface area contributed by atoms with Gasteiger partial charge in [-0.2, -0.15) is 0 Å². The zero-order valence-corrected chi connectivity index (χ0v) is 16.0. The predicted molar refractivity (Wildman–Crippen MR) is 101 cm³/mol. The molecule has 3 N–H and O–H groups in total. The van der Waals surface area contributed by atoms with E-state index in [0.29, 0.717) is 23.0 Å². The van der Waals surface area contributed by atoms with Gasteiger partial charge in [-0.1, -0.05) is 46.6 Å². The second-order valence-electron chi connectivity index (χ2n) is 5.40. The van der Waals surface area contributed by atoms with Crippen LogP contribution in [0.1, 0.15) is 24.9 Å². The molecule has 0 saturated carbocycles. The Kier molecular flexibility index (Phi) is 7.09. The highest BCUT2D eigenvalue weighted by Gasteiger charge is 2.15. The molecule has 0 bridgehead atoms. The van der Waals surface area contributed by atoms with Crippen molar-refractivity contribution in [3.05, 3.63) is 57.5 Å². The highest BCUT2D eigenvalue weighted by atomic mass is 79.9. The van der Waals surface area contributed by atoms with Crippen molar-refractivity contribution in [2.45, 2.75) is 19.4 Å². The van der Waals surface area contributed by atoms with Crippen LogP contribution in [0.25, 0.3) is 0 Å². The first-order valence-electron chi connectivity index (χ1n) is 7.75.